The van der Waals surface area contributed by atoms with Crippen molar-refractivity contribution in [1.82, 2.24) is 0 Å². The summed E-state index contributed by atoms with van der Waals surface area (Å²) in [6.45, 7) is 1.81. The van der Waals surface area contributed by atoms with Crippen molar-refractivity contribution in [3.63, 3.8) is 0 Å². The Labute approximate surface area is 203 Å². The van der Waals surface area contributed by atoms with Crippen LogP contribution in [0.5, 0.6) is 17.2 Å². The minimum atomic E-state index is -3.83. The van der Waals surface area contributed by atoms with Crippen LogP contribution < -0.4 is 19.6 Å². The van der Waals surface area contributed by atoms with E-state index in [1.54, 1.807) is 43.5 Å². The molecule has 178 valence electrons. The molecule has 10 heteroatoms. The van der Waals surface area contributed by atoms with E-state index in [2.05, 4.69) is 0 Å². The molecule has 3 aromatic carbocycles. The smallest absolute Gasteiger partial charge is 0.238 e. The largest absolute Gasteiger partial charge is 0.507 e. The number of halogens is 1. The van der Waals surface area contributed by atoms with E-state index in [1.165, 1.54) is 12.1 Å². The van der Waals surface area contributed by atoms with Crippen molar-refractivity contribution in [3.05, 3.63) is 76.3 Å². The van der Waals surface area contributed by atoms with Crippen LogP contribution in [-0.4, -0.2) is 33.5 Å². The van der Waals surface area contributed by atoms with E-state index in [0.717, 1.165) is 11.1 Å². The number of ether oxygens (including phenoxy) is 2. The lowest BCUT2D eigenvalue weighted by Gasteiger charge is -2.24. The summed E-state index contributed by atoms with van der Waals surface area (Å²) >= 11 is 6.33. The van der Waals surface area contributed by atoms with Crippen molar-refractivity contribution < 1.29 is 23.0 Å². The lowest BCUT2D eigenvalue weighted by Crippen LogP contribution is -2.19. The second-order valence-corrected chi connectivity index (χ2v) is 9.85. The summed E-state index contributed by atoms with van der Waals surface area (Å²) in [6, 6.07) is 14.8. The van der Waals surface area contributed by atoms with Crippen LogP contribution >= 0.6 is 11.6 Å². The average Bonchev–Trinajstić information content (AvgIpc) is 3.25. The zero-order valence-corrected chi connectivity index (χ0v) is 20.4. The molecule has 1 aliphatic rings. The van der Waals surface area contributed by atoms with Crippen LogP contribution in [0.15, 0.2) is 64.6 Å². The predicted molar refractivity (Wildman–Crippen MR) is 132 cm³/mol. The molecule has 1 atom stereocenters. The molecular weight excluding hydrogens is 478 g/mol. The minimum absolute atomic E-state index is 0.00489. The summed E-state index contributed by atoms with van der Waals surface area (Å²) < 4.78 is 34.2. The van der Waals surface area contributed by atoms with Crippen LogP contribution in [0.2, 0.25) is 5.02 Å². The first-order chi connectivity index (χ1) is 16.1. The zero-order chi connectivity index (χ0) is 24.6. The van der Waals surface area contributed by atoms with Gasteiger partial charge >= 0.3 is 0 Å². The fourth-order valence-corrected chi connectivity index (χ4v) is 4.60. The Balaban J connectivity index is 1.81. The molecule has 1 aliphatic heterocycles. The highest BCUT2D eigenvalue weighted by molar-refractivity contribution is 7.89. The highest BCUT2D eigenvalue weighted by Gasteiger charge is 2.32. The maximum atomic E-state index is 11.7. The number of hydrazone groups is 1. The van der Waals surface area contributed by atoms with Crippen LogP contribution in [-0.2, 0) is 10.0 Å². The van der Waals surface area contributed by atoms with E-state index >= 15 is 0 Å². The molecule has 4 rings (SSSR count). The number of aromatic hydroxyl groups is 1. The third-order valence-corrected chi connectivity index (χ3v) is 7.06. The molecule has 8 nitrogen and oxygen atoms in total. The van der Waals surface area contributed by atoms with Gasteiger partial charge in [-0.05, 0) is 66.6 Å². The number of rotatable bonds is 6. The third-order valence-electron chi connectivity index (χ3n) is 5.72. The van der Waals surface area contributed by atoms with E-state index in [1.807, 2.05) is 25.1 Å². The fraction of sp³-hybridized carbons (Fsp3) is 0.208. The molecule has 0 saturated heterocycles. The highest BCUT2D eigenvalue weighted by Crippen LogP contribution is 2.41. The van der Waals surface area contributed by atoms with Crippen molar-refractivity contribution in [2.75, 3.05) is 19.2 Å². The van der Waals surface area contributed by atoms with Gasteiger partial charge in [0.2, 0.25) is 10.0 Å². The predicted octanol–water partition coefficient (Wildman–Crippen LogP) is 4.37. The van der Waals surface area contributed by atoms with E-state index in [4.69, 9.17) is 31.3 Å². The normalized spacial score (nSPS) is 15.9. The summed E-state index contributed by atoms with van der Waals surface area (Å²) in [5.41, 5.74) is 3.47. The number of nitrogens with two attached hydrogens (primary N) is 1. The van der Waals surface area contributed by atoms with E-state index in [9.17, 15) is 13.5 Å². The highest BCUT2D eigenvalue weighted by atomic mass is 35.5. The fourth-order valence-electron chi connectivity index (χ4n) is 3.92. The van der Waals surface area contributed by atoms with Gasteiger partial charge in [0.1, 0.15) is 5.75 Å². The first kappa shape index (κ1) is 23.9. The quantitative estimate of drug-likeness (QED) is 0.518. The Kier molecular flexibility index (Phi) is 6.44. The number of hydrogen-bond acceptors (Lipinski definition) is 7. The number of benzene rings is 3. The Morgan fingerprint density at radius 1 is 1.06 bits per heavy atom. The van der Waals surface area contributed by atoms with Gasteiger partial charge in [0.15, 0.2) is 11.5 Å². The van der Waals surface area contributed by atoms with Crippen LogP contribution in [0.3, 0.4) is 0 Å². The molecule has 0 spiro atoms. The third kappa shape index (κ3) is 4.54. The Bertz CT molecular complexity index is 1370. The number of hydrogen-bond donors (Lipinski definition) is 2. The van der Waals surface area contributed by atoms with Gasteiger partial charge < -0.3 is 14.6 Å². The molecule has 0 amide bonds. The number of nitrogens with zero attached hydrogens (tertiary/aromatic N) is 2. The van der Waals surface area contributed by atoms with Gasteiger partial charge in [0, 0.05) is 17.0 Å². The van der Waals surface area contributed by atoms with Gasteiger partial charge in [-0.3, -0.25) is 5.01 Å². The van der Waals surface area contributed by atoms with Crippen LogP contribution in [0.1, 0.15) is 29.2 Å². The number of aryl methyl sites for hydroxylation is 1. The molecule has 3 aromatic rings. The molecule has 1 heterocycles. The molecule has 1 unspecified atom stereocenters. The van der Waals surface area contributed by atoms with Crippen LogP contribution in [0, 0.1) is 6.92 Å². The van der Waals surface area contributed by atoms with Gasteiger partial charge in [0.25, 0.3) is 0 Å². The Hall–Kier alpha value is -3.27. The Morgan fingerprint density at radius 3 is 2.35 bits per heavy atom. The van der Waals surface area contributed by atoms with Crippen molar-refractivity contribution in [3.8, 4) is 17.2 Å². The molecule has 0 saturated carbocycles. The van der Waals surface area contributed by atoms with Crippen molar-refractivity contribution >= 4 is 33.0 Å². The Morgan fingerprint density at radius 2 is 1.74 bits per heavy atom. The van der Waals surface area contributed by atoms with Gasteiger partial charge in [-0.15, -0.1) is 0 Å². The first-order valence-electron chi connectivity index (χ1n) is 10.3. The molecule has 0 bridgehead atoms. The van der Waals surface area contributed by atoms with Gasteiger partial charge in [-0.2, -0.15) is 5.10 Å². The van der Waals surface area contributed by atoms with Crippen molar-refractivity contribution in [2.45, 2.75) is 24.3 Å². The summed E-state index contributed by atoms with van der Waals surface area (Å²) in [5.74, 6) is 1.25. The van der Waals surface area contributed by atoms with E-state index in [-0.39, 0.29) is 16.7 Å². The van der Waals surface area contributed by atoms with Crippen molar-refractivity contribution in [1.29, 1.82) is 0 Å². The van der Waals surface area contributed by atoms with Crippen molar-refractivity contribution in [2.24, 2.45) is 10.2 Å². The zero-order valence-electron chi connectivity index (χ0n) is 18.8. The summed E-state index contributed by atoms with van der Waals surface area (Å²) in [4.78, 5) is 0.00489. The topological polar surface area (TPSA) is 114 Å². The number of phenolic OH excluding ortho intramolecular Hbond substituents is 1. The number of phenols is 1. The van der Waals surface area contributed by atoms with Crippen LogP contribution in [0.25, 0.3) is 0 Å². The summed E-state index contributed by atoms with van der Waals surface area (Å²) in [5, 5.41) is 22.9. The lowest BCUT2D eigenvalue weighted by molar-refractivity contribution is 0.354. The first-order valence-corrected chi connectivity index (χ1v) is 12.3. The molecule has 0 aliphatic carbocycles. The molecular formula is C24H24ClN3O5S. The molecule has 3 N–H and O–H groups in total. The number of sulfonamides is 1. The number of anilines is 1. The molecule has 0 fully saturated rings. The number of methoxy groups -OCH3 is 2. The second-order valence-electron chi connectivity index (χ2n) is 7.88. The monoisotopic (exact) mass is 501 g/mol. The van der Waals surface area contributed by atoms with E-state index in [0.29, 0.717) is 39.9 Å². The maximum absolute atomic E-state index is 11.7. The summed E-state index contributed by atoms with van der Waals surface area (Å²) in [7, 11) is -0.695. The molecule has 0 radical (unpaired) electrons. The SMILES string of the molecule is COc1ccc(C2CC(c3cc(Cl)c(C)cc3O)=NN2c2ccc(S(N)(=O)=O)cc2)cc1OC. The average molecular weight is 502 g/mol. The van der Waals surface area contributed by atoms with Gasteiger partial charge in [-0.25, -0.2) is 13.6 Å². The lowest BCUT2D eigenvalue weighted by atomic mass is 9.96. The van der Waals surface area contributed by atoms with Gasteiger partial charge in [-0.1, -0.05) is 17.7 Å². The molecule has 34 heavy (non-hydrogen) atoms. The number of primary sulfonamides is 1. The summed E-state index contributed by atoms with van der Waals surface area (Å²) in [6.07, 6.45) is 0.458. The minimum Gasteiger partial charge on any atom is -0.507 e. The van der Waals surface area contributed by atoms with Gasteiger partial charge in [0.05, 0.1) is 36.6 Å². The standard InChI is InChI=1S/C24H24ClN3O5S/c1-14-10-22(29)18(12-19(14)25)20-13-21(15-4-9-23(32-2)24(11-15)33-3)28(27-20)16-5-7-17(8-6-16)34(26,30)31/h4-12,21,29H,13H2,1-3H3,(H2,26,30,31). The van der Waals surface area contributed by atoms with E-state index < -0.39 is 10.0 Å². The maximum Gasteiger partial charge on any atom is 0.238 e. The second kappa shape index (κ2) is 9.17. The molecule has 0 aromatic heterocycles. The van der Waals surface area contributed by atoms with Crippen LogP contribution in [0.4, 0.5) is 5.69 Å².